The average Bonchev–Trinajstić information content (AvgIpc) is 3.31. The van der Waals surface area contributed by atoms with Gasteiger partial charge in [0, 0.05) is 31.1 Å². The van der Waals surface area contributed by atoms with Gasteiger partial charge in [-0.1, -0.05) is 13.0 Å². The molecule has 1 fully saturated rings. The summed E-state index contributed by atoms with van der Waals surface area (Å²) in [4.78, 5) is 28.1. The van der Waals surface area contributed by atoms with Crippen LogP contribution in [0.5, 0.6) is 23.0 Å². The number of likely N-dealkylation sites (tertiary alicyclic amines) is 1. The number of rotatable bonds is 9. The smallest absolute Gasteiger partial charge is 0.254 e. The average molecular weight is 457 g/mol. The first-order chi connectivity index (χ1) is 16.0. The molecular formula is C25H32N2O6. The van der Waals surface area contributed by atoms with Crippen molar-refractivity contribution in [1.29, 1.82) is 0 Å². The van der Waals surface area contributed by atoms with Gasteiger partial charge in [-0.05, 0) is 42.3 Å². The molecule has 1 saturated heterocycles. The van der Waals surface area contributed by atoms with E-state index in [0.717, 1.165) is 12.0 Å². The third-order valence-electron chi connectivity index (χ3n) is 5.92. The molecule has 3 rings (SSSR count). The maximum absolute atomic E-state index is 13.3. The molecule has 33 heavy (non-hydrogen) atoms. The maximum atomic E-state index is 13.3. The lowest BCUT2D eigenvalue weighted by Crippen LogP contribution is -2.36. The van der Waals surface area contributed by atoms with E-state index in [1.165, 1.54) is 0 Å². The number of carbonyl (C=O) groups is 2. The highest BCUT2D eigenvalue weighted by Crippen LogP contribution is 2.43. The molecule has 0 unspecified atom stereocenters. The number of hydrogen-bond acceptors (Lipinski definition) is 6. The lowest BCUT2D eigenvalue weighted by Gasteiger charge is -2.21. The highest BCUT2D eigenvalue weighted by atomic mass is 16.5. The molecule has 0 radical (unpaired) electrons. The van der Waals surface area contributed by atoms with Crippen LogP contribution in [0.25, 0.3) is 0 Å². The molecule has 0 spiro atoms. The van der Waals surface area contributed by atoms with Crippen LogP contribution in [0.15, 0.2) is 36.4 Å². The summed E-state index contributed by atoms with van der Waals surface area (Å²) in [5.74, 6) is 1.26. The molecule has 2 amide bonds. The van der Waals surface area contributed by atoms with E-state index < -0.39 is 5.92 Å². The molecule has 2 aromatic carbocycles. The van der Waals surface area contributed by atoms with Crippen molar-refractivity contribution in [1.82, 2.24) is 10.2 Å². The van der Waals surface area contributed by atoms with Crippen LogP contribution < -0.4 is 24.3 Å². The summed E-state index contributed by atoms with van der Waals surface area (Å²) in [6.45, 7) is 3.29. The van der Waals surface area contributed by atoms with E-state index in [2.05, 4.69) is 5.32 Å². The lowest BCUT2D eigenvalue weighted by atomic mass is 9.88. The predicted molar refractivity (Wildman–Crippen MR) is 125 cm³/mol. The molecule has 0 aliphatic carbocycles. The van der Waals surface area contributed by atoms with Crippen LogP contribution >= 0.6 is 0 Å². The fourth-order valence-electron chi connectivity index (χ4n) is 4.21. The minimum absolute atomic E-state index is 0.0726. The highest BCUT2D eigenvalue weighted by molar-refractivity contribution is 5.95. The van der Waals surface area contributed by atoms with E-state index in [0.29, 0.717) is 48.2 Å². The summed E-state index contributed by atoms with van der Waals surface area (Å²) in [7, 11) is 6.22. The van der Waals surface area contributed by atoms with Crippen molar-refractivity contribution in [2.24, 2.45) is 5.92 Å². The van der Waals surface area contributed by atoms with Crippen molar-refractivity contribution < 1.29 is 28.5 Å². The van der Waals surface area contributed by atoms with E-state index in [4.69, 9.17) is 18.9 Å². The van der Waals surface area contributed by atoms with Gasteiger partial charge in [-0.15, -0.1) is 0 Å². The van der Waals surface area contributed by atoms with Gasteiger partial charge in [-0.2, -0.15) is 0 Å². The van der Waals surface area contributed by atoms with Gasteiger partial charge in [0.2, 0.25) is 11.7 Å². The number of amides is 2. The number of hydrogen-bond donors (Lipinski definition) is 1. The van der Waals surface area contributed by atoms with Gasteiger partial charge >= 0.3 is 0 Å². The number of nitrogens with one attached hydrogen (secondary N) is 1. The van der Waals surface area contributed by atoms with Crippen molar-refractivity contribution >= 4 is 11.8 Å². The molecule has 1 aliphatic rings. The molecule has 1 aliphatic heterocycles. The van der Waals surface area contributed by atoms with E-state index in [1.807, 2.05) is 19.1 Å². The Morgan fingerprint density at radius 3 is 2.24 bits per heavy atom. The Hall–Kier alpha value is -3.42. The quantitative estimate of drug-likeness (QED) is 0.624. The minimum atomic E-state index is -0.408. The van der Waals surface area contributed by atoms with E-state index in [1.54, 1.807) is 57.6 Å². The summed E-state index contributed by atoms with van der Waals surface area (Å²) in [5, 5.41) is 2.99. The van der Waals surface area contributed by atoms with E-state index in [9.17, 15) is 9.59 Å². The van der Waals surface area contributed by atoms with Crippen molar-refractivity contribution in [3.63, 3.8) is 0 Å². The third kappa shape index (κ3) is 5.16. The molecule has 1 N–H and O–H groups in total. The summed E-state index contributed by atoms with van der Waals surface area (Å²) in [5.41, 5.74) is 1.37. The Kier molecular flexibility index (Phi) is 8.03. The highest BCUT2D eigenvalue weighted by Gasteiger charge is 2.41. The molecule has 2 atom stereocenters. The van der Waals surface area contributed by atoms with E-state index >= 15 is 0 Å². The second-order valence-corrected chi connectivity index (χ2v) is 7.90. The van der Waals surface area contributed by atoms with Gasteiger partial charge in [0.1, 0.15) is 5.75 Å². The second-order valence-electron chi connectivity index (χ2n) is 7.90. The van der Waals surface area contributed by atoms with Gasteiger partial charge in [0.05, 0.1) is 34.4 Å². The largest absolute Gasteiger partial charge is 0.497 e. The first kappa shape index (κ1) is 24.2. The normalized spacial score (nSPS) is 17.4. The van der Waals surface area contributed by atoms with Crippen molar-refractivity contribution in [2.75, 3.05) is 48.1 Å². The topological polar surface area (TPSA) is 86.3 Å². The zero-order valence-corrected chi connectivity index (χ0v) is 19.8. The van der Waals surface area contributed by atoms with Crippen LogP contribution in [0, 0.1) is 5.92 Å². The fourth-order valence-corrected chi connectivity index (χ4v) is 4.21. The van der Waals surface area contributed by atoms with Crippen LogP contribution in [-0.4, -0.2) is 64.8 Å². The van der Waals surface area contributed by atoms with Gasteiger partial charge in [0.25, 0.3) is 5.91 Å². The van der Waals surface area contributed by atoms with Crippen LogP contribution in [-0.2, 0) is 4.79 Å². The third-order valence-corrected chi connectivity index (χ3v) is 5.92. The van der Waals surface area contributed by atoms with E-state index in [-0.39, 0.29) is 17.7 Å². The molecule has 2 aromatic rings. The molecule has 8 heteroatoms. The summed E-state index contributed by atoms with van der Waals surface area (Å²) in [6, 6.07) is 10.7. The Morgan fingerprint density at radius 1 is 0.970 bits per heavy atom. The first-order valence-corrected chi connectivity index (χ1v) is 11.0. The summed E-state index contributed by atoms with van der Waals surface area (Å²) < 4.78 is 21.7. The van der Waals surface area contributed by atoms with Gasteiger partial charge < -0.3 is 29.2 Å². The molecule has 0 aromatic heterocycles. The van der Waals surface area contributed by atoms with Gasteiger partial charge in [-0.3, -0.25) is 9.59 Å². The van der Waals surface area contributed by atoms with Gasteiger partial charge in [-0.25, -0.2) is 0 Å². The van der Waals surface area contributed by atoms with Crippen molar-refractivity contribution in [3.05, 3.63) is 47.5 Å². The monoisotopic (exact) mass is 456 g/mol. The number of benzene rings is 2. The van der Waals surface area contributed by atoms with Gasteiger partial charge in [0.15, 0.2) is 11.5 Å². The zero-order valence-electron chi connectivity index (χ0n) is 19.8. The first-order valence-electron chi connectivity index (χ1n) is 11.0. The molecular weight excluding hydrogens is 424 g/mol. The molecule has 8 nitrogen and oxygen atoms in total. The van der Waals surface area contributed by atoms with Crippen molar-refractivity contribution in [3.8, 4) is 23.0 Å². The lowest BCUT2D eigenvalue weighted by molar-refractivity contribution is -0.124. The Labute approximate surface area is 194 Å². The van der Waals surface area contributed by atoms with Crippen molar-refractivity contribution in [2.45, 2.75) is 19.3 Å². The molecule has 0 bridgehead atoms. The standard InChI is InChI=1S/C25H32N2O6/c1-6-10-26-24(28)20-15-27(25(29)16-8-7-9-18(11-16)30-2)14-19(20)17-12-21(31-3)23(33-5)22(13-17)32-4/h7-9,11-13,19-20H,6,10,14-15H2,1-5H3,(H,26,28)/t19-,20+/m0/s1. The summed E-state index contributed by atoms with van der Waals surface area (Å²) >= 11 is 0. The predicted octanol–water partition coefficient (Wildman–Crippen LogP) is 3.10. The molecule has 178 valence electrons. The number of ether oxygens (including phenoxy) is 4. The number of methoxy groups -OCH3 is 4. The molecule has 0 saturated carbocycles. The zero-order chi connectivity index (χ0) is 24.0. The summed E-state index contributed by atoms with van der Waals surface area (Å²) in [6.07, 6.45) is 0.833. The number of carbonyl (C=O) groups excluding carboxylic acids is 2. The van der Waals surface area contributed by atoms with Crippen LogP contribution in [0.1, 0.15) is 35.2 Å². The molecule has 1 heterocycles. The van der Waals surface area contributed by atoms with Crippen LogP contribution in [0.3, 0.4) is 0 Å². The SMILES string of the molecule is CCCNC(=O)[C@@H]1CN(C(=O)c2cccc(OC)c2)C[C@H]1c1cc(OC)c(OC)c(OC)c1. The fraction of sp³-hybridized carbons (Fsp3) is 0.440. The second kappa shape index (κ2) is 10.9. The Morgan fingerprint density at radius 2 is 1.67 bits per heavy atom. The number of nitrogens with zero attached hydrogens (tertiary/aromatic N) is 1. The van der Waals surface area contributed by atoms with Crippen LogP contribution in [0.2, 0.25) is 0 Å². The maximum Gasteiger partial charge on any atom is 0.254 e. The van der Waals surface area contributed by atoms with Crippen LogP contribution in [0.4, 0.5) is 0 Å². The Balaban J connectivity index is 1.97. The minimum Gasteiger partial charge on any atom is -0.497 e. The Bertz CT molecular complexity index is 968.